The maximum Gasteiger partial charge on any atom is 0.313 e. The summed E-state index contributed by atoms with van der Waals surface area (Å²) in [5.74, 6) is -0.438. The lowest BCUT2D eigenvalue weighted by Crippen LogP contribution is -2.27. The second kappa shape index (κ2) is 5.06. The molecule has 3 nitrogen and oxygen atoms in total. The molecule has 0 spiro atoms. The minimum Gasteiger partial charge on any atom is -0.469 e. The standard InChI is InChI=1S/C12H14FNO2S/c1-16-11(15)12(6-7-12)8-14-17-10-5-3-2-4-9(10)13/h2-5,14H,6-8H2,1H3. The van der Waals surface area contributed by atoms with Crippen molar-refractivity contribution in [2.45, 2.75) is 17.7 Å². The van der Waals surface area contributed by atoms with Crippen LogP contribution in [0, 0.1) is 11.2 Å². The summed E-state index contributed by atoms with van der Waals surface area (Å²) < 4.78 is 21.1. The Morgan fingerprint density at radius 2 is 2.24 bits per heavy atom. The largest absolute Gasteiger partial charge is 0.469 e. The van der Waals surface area contributed by atoms with E-state index in [0.29, 0.717) is 11.4 Å². The highest BCUT2D eigenvalue weighted by molar-refractivity contribution is 7.97. The maximum atomic E-state index is 13.3. The molecule has 92 valence electrons. The van der Waals surface area contributed by atoms with Gasteiger partial charge in [-0.2, -0.15) is 0 Å². The van der Waals surface area contributed by atoms with Gasteiger partial charge in [0.15, 0.2) is 0 Å². The SMILES string of the molecule is COC(=O)C1(CNSc2ccccc2F)CC1. The predicted molar refractivity (Wildman–Crippen MR) is 63.9 cm³/mol. The first kappa shape index (κ1) is 12.4. The number of benzene rings is 1. The number of halogens is 1. The van der Waals surface area contributed by atoms with Gasteiger partial charge < -0.3 is 4.74 Å². The maximum absolute atomic E-state index is 13.3. The number of hydrogen-bond donors (Lipinski definition) is 1. The van der Waals surface area contributed by atoms with Gasteiger partial charge in [-0.25, -0.2) is 4.39 Å². The molecule has 0 saturated heterocycles. The van der Waals surface area contributed by atoms with E-state index in [1.807, 2.05) is 0 Å². The Morgan fingerprint density at radius 3 is 2.82 bits per heavy atom. The normalized spacial score (nSPS) is 16.6. The lowest BCUT2D eigenvalue weighted by atomic mass is 10.1. The van der Waals surface area contributed by atoms with Crippen LogP contribution in [0.5, 0.6) is 0 Å². The molecule has 1 aliphatic rings. The molecule has 1 aromatic rings. The van der Waals surface area contributed by atoms with Crippen LogP contribution in [0.2, 0.25) is 0 Å². The Labute approximate surface area is 104 Å². The number of methoxy groups -OCH3 is 1. The molecule has 0 radical (unpaired) electrons. The van der Waals surface area contributed by atoms with Crippen LogP contribution in [0.15, 0.2) is 29.2 Å². The van der Waals surface area contributed by atoms with E-state index in [1.54, 1.807) is 18.2 Å². The van der Waals surface area contributed by atoms with E-state index in [1.165, 1.54) is 25.1 Å². The number of carbonyl (C=O) groups excluding carboxylic acids is 1. The Morgan fingerprint density at radius 1 is 1.53 bits per heavy atom. The lowest BCUT2D eigenvalue weighted by Gasteiger charge is -2.12. The third-order valence-electron chi connectivity index (χ3n) is 2.90. The molecule has 2 rings (SSSR count). The minimum absolute atomic E-state index is 0.181. The molecule has 0 aromatic heterocycles. The summed E-state index contributed by atoms with van der Waals surface area (Å²) in [6, 6.07) is 6.54. The average Bonchev–Trinajstić information content (AvgIpc) is 3.12. The van der Waals surface area contributed by atoms with Crippen LogP contribution in [0.1, 0.15) is 12.8 Å². The van der Waals surface area contributed by atoms with Gasteiger partial charge in [0.25, 0.3) is 0 Å². The van der Waals surface area contributed by atoms with Crippen molar-refractivity contribution in [1.29, 1.82) is 0 Å². The van der Waals surface area contributed by atoms with Crippen molar-refractivity contribution in [1.82, 2.24) is 4.72 Å². The first-order chi connectivity index (χ1) is 8.18. The number of carbonyl (C=O) groups is 1. The zero-order valence-electron chi connectivity index (χ0n) is 9.53. The van der Waals surface area contributed by atoms with Gasteiger partial charge in [0.2, 0.25) is 0 Å². The summed E-state index contributed by atoms with van der Waals surface area (Å²) in [4.78, 5) is 12.0. The number of rotatable bonds is 5. The van der Waals surface area contributed by atoms with E-state index in [2.05, 4.69) is 4.72 Å². The summed E-state index contributed by atoms with van der Waals surface area (Å²) >= 11 is 1.21. The molecular weight excluding hydrogens is 241 g/mol. The smallest absolute Gasteiger partial charge is 0.313 e. The van der Waals surface area contributed by atoms with Gasteiger partial charge in [0.1, 0.15) is 5.82 Å². The summed E-state index contributed by atoms with van der Waals surface area (Å²) in [6.07, 6.45) is 1.68. The van der Waals surface area contributed by atoms with Crippen molar-refractivity contribution in [2.75, 3.05) is 13.7 Å². The molecule has 1 saturated carbocycles. The van der Waals surface area contributed by atoms with Gasteiger partial charge in [0, 0.05) is 6.54 Å². The van der Waals surface area contributed by atoms with Crippen LogP contribution in [-0.2, 0) is 9.53 Å². The van der Waals surface area contributed by atoms with Gasteiger partial charge >= 0.3 is 5.97 Å². The highest BCUT2D eigenvalue weighted by Crippen LogP contribution is 2.46. The van der Waals surface area contributed by atoms with E-state index in [9.17, 15) is 9.18 Å². The second-order valence-corrected chi connectivity index (χ2v) is 5.06. The lowest BCUT2D eigenvalue weighted by molar-refractivity contribution is -0.146. The van der Waals surface area contributed by atoms with E-state index in [4.69, 9.17) is 4.74 Å². The van der Waals surface area contributed by atoms with E-state index in [0.717, 1.165) is 12.8 Å². The fourth-order valence-electron chi connectivity index (χ4n) is 1.60. The molecule has 1 N–H and O–H groups in total. The van der Waals surface area contributed by atoms with Crippen LogP contribution in [0.25, 0.3) is 0 Å². The quantitative estimate of drug-likeness (QED) is 0.647. The van der Waals surface area contributed by atoms with Gasteiger partial charge in [-0.1, -0.05) is 12.1 Å². The third kappa shape index (κ3) is 2.79. The Balaban J connectivity index is 1.85. The molecule has 0 amide bonds. The topological polar surface area (TPSA) is 38.3 Å². The molecule has 0 unspecified atom stereocenters. The highest BCUT2D eigenvalue weighted by atomic mass is 32.2. The number of ether oxygens (including phenoxy) is 1. The molecule has 1 fully saturated rings. The molecule has 0 heterocycles. The summed E-state index contributed by atoms with van der Waals surface area (Å²) in [5, 5.41) is 0. The van der Waals surface area contributed by atoms with Crippen LogP contribution < -0.4 is 4.72 Å². The molecule has 0 aliphatic heterocycles. The molecule has 0 bridgehead atoms. The first-order valence-electron chi connectivity index (χ1n) is 5.41. The monoisotopic (exact) mass is 255 g/mol. The minimum atomic E-state index is -0.382. The summed E-state index contributed by atoms with van der Waals surface area (Å²) in [5.41, 5.74) is -0.382. The number of hydrogen-bond acceptors (Lipinski definition) is 4. The second-order valence-electron chi connectivity index (χ2n) is 4.13. The number of nitrogens with one attached hydrogen (secondary N) is 1. The van der Waals surface area contributed by atoms with Crippen molar-refractivity contribution >= 4 is 17.9 Å². The van der Waals surface area contributed by atoms with Crippen molar-refractivity contribution in [2.24, 2.45) is 5.41 Å². The Hall–Kier alpha value is -1.07. The Kier molecular flexibility index (Phi) is 3.69. The van der Waals surface area contributed by atoms with Crippen molar-refractivity contribution in [3.05, 3.63) is 30.1 Å². The average molecular weight is 255 g/mol. The third-order valence-corrected chi connectivity index (χ3v) is 3.74. The summed E-state index contributed by atoms with van der Waals surface area (Å²) in [6.45, 7) is 0.513. The van der Waals surface area contributed by atoms with Gasteiger partial charge in [-0.3, -0.25) is 9.52 Å². The molecular formula is C12H14FNO2S. The predicted octanol–water partition coefficient (Wildman–Crippen LogP) is 2.38. The van der Waals surface area contributed by atoms with Gasteiger partial charge in [-0.05, 0) is 36.9 Å². The molecule has 17 heavy (non-hydrogen) atoms. The molecule has 1 aromatic carbocycles. The first-order valence-corrected chi connectivity index (χ1v) is 6.22. The number of esters is 1. The fraction of sp³-hybridized carbons (Fsp3) is 0.417. The highest BCUT2D eigenvalue weighted by Gasteiger charge is 2.50. The van der Waals surface area contributed by atoms with E-state index in [-0.39, 0.29) is 17.2 Å². The van der Waals surface area contributed by atoms with E-state index < -0.39 is 0 Å². The zero-order valence-corrected chi connectivity index (χ0v) is 10.3. The van der Waals surface area contributed by atoms with Crippen molar-refractivity contribution in [3.8, 4) is 0 Å². The fourth-order valence-corrected chi connectivity index (χ4v) is 2.42. The van der Waals surface area contributed by atoms with Crippen molar-refractivity contribution < 1.29 is 13.9 Å². The van der Waals surface area contributed by atoms with Crippen LogP contribution >= 0.6 is 11.9 Å². The molecule has 5 heteroatoms. The molecule has 0 atom stereocenters. The van der Waals surface area contributed by atoms with Crippen molar-refractivity contribution in [3.63, 3.8) is 0 Å². The van der Waals surface area contributed by atoms with Crippen LogP contribution in [0.3, 0.4) is 0 Å². The Bertz CT molecular complexity index is 421. The van der Waals surface area contributed by atoms with Gasteiger partial charge in [-0.15, -0.1) is 0 Å². The summed E-state index contributed by atoms with van der Waals surface area (Å²) in [7, 11) is 1.40. The van der Waals surface area contributed by atoms with E-state index >= 15 is 0 Å². The zero-order chi connectivity index (χ0) is 12.3. The van der Waals surface area contributed by atoms with Crippen LogP contribution in [-0.4, -0.2) is 19.6 Å². The molecule has 1 aliphatic carbocycles. The van der Waals surface area contributed by atoms with Crippen LogP contribution in [0.4, 0.5) is 4.39 Å². The van der Waals surface area contributed by atoms with Gasteiger partial charge in [0.05, 0.1) is 17.4 Å².